The average molecular weight is 383 g/mol. The minimum atomic E-state index is -1.36. The normalized spacial score (nSPS) is 17.0. The number of nitrogens with zero attached hydrogens (tertiary/aromatic N) is 1. The summed E-state index contributed by atoms with van der Waals surface area (Å²) in [5, 5.41) is 2.75. The predicted octanol–water partition coefficient (Wildman–Crippen LogP) is 7.36. The van der Waals surface area contributed by atoms with Gasteiger partial charge in [-0.3, -0.25) is 0 Å². The molecule has 0 bridgehead atoms. The summed E-state index contributed by atoms with van der Waals surface area (Å²) in [5.74, 6) is 0. The predicted molar refractivity (Wildman–Crippen MR) is 124 cm³/mol. The van der Waals surface area contributed by atoms with Crippen molar-refractivity contribution in [1.29, 1.82) is 0 Å². The molecule has 0 N–H and O–H groups in total. The molecule has 3 heteroatoms. The summed E-state index contributed by atoms with van der Waals surface area (Å²) >= 11 is 0. The van der Waals surface area contributed by atoms with Gasteiger partial charge >= 0.3 is 0 Å². The van der Waals surface area contributed by atoms with Crippen LogP contribution in [-0.4, -0.2) is 7.41 Å². The molecule has 2 heterocycles. The van der Waals surface area contributed by atoms with E-state index in [0.717, 1.165) is 13.8 Å². The molecular formula is C25H26BNS. The Balaban J connectivity index is 1.81. The zero-order chi connectivity index (χ0) is 19.4. The van der Waals surface area contributed by atoms with E-state index in [-0.39, 0.29) is 5.31 Å². The number of anilines is 2. The van der Waals surface area contributed by atoms with Crippen LogP contribution in [0.3, 0.4) is 0 Å². The Morgan fingerprint density at radius 2 is 1.32 bits per heavy atom. The number of hydrogen-bond donors (Lipinski definition) is 0. The first-order valence-electron chi connectivity index (χ1n) is 10.1. The van der Waals surface area contributed by atoms with E-state index in [1.807, 2.05) is 0 Å². The molecule has 28 heavy (non-hydrogen) atoms. The lowest BCUT2D eigenvalue weighted by Crippen LogP contribution is -2.33. The van der Waals surface area contributed by atoms with Gasteiger partial charge in [-0.1, -0.05) is 69.7 Å². The molecular weight excluding hydrogens is 357 g/mol. The third-order valence-corrected chi connectivity index (χ3v) is 9.95. The van der Waals surface area contributed by atoms with Crippen LogP contribution in [0.15, 0.2) is 92.9 Å². The molecule has 0 radical (unpaired) electrons. The van der Waals surface area contributed by atoms with Gasteiger partial charge in [-0.05, 0) is 52.7 Å². The number of hydrogen-bond acceptors (Lipinski definition) is 1. The molecule has 1 nitrogen and oxygen atoms in total. The highest BCUT2D eigenvalue weighted by Crippen LogP contribution is 2.78. The van der Waals surface area contributed by atoms with E-state index >= 15 is 0 Å². The monoisotopic (exact) mass is 383 g/mol. The number of benzene rings is 3. The van der Waals surface area contributed by atoms with Crippen molar-refractivity contribution in [3.8, 4) is 0 Å². The smallest absolute Gasteiger partial charge is 0.248 e. The molecule has 0 amide bonds. The summed E-state index contributed by atoms with van der Waals surface area (Å²) in [5.41, 5.74) is 4.11. The van der Waals surface area contributed by atoms with E-state index in [2.05, 4.69) is 110 Å². The van der Waals surface area contributed by atoms with Gasteiger partial charge < -0.3 is 4.81 Å². The first kappa shape index (κ1) is 17.7. The van der Waals surface area contributed by atoms with Crippen molar-refractivity contribution in [2.75, 3.05) is 4.81 Å². The lowest BCUT2D eigenvalue weighted by Gasteiger charge is -2.48. The van der Waals surface area contributed by atoms with Crippen molar-refractivity contribution >= 4 is 34.9 Å². The maximum absolute atomic E-state index is 2.57. The number of rotatable bonds is 3. The summed E-state index contributed by atoms with van der Waals surface area (Å²) in [7, 11) is -0.332. The Kier molecular flexibility index (Phi) is 3.99. The highest BCUT2D eigenvalue weighted by molar-refractivity contribution is 8.36. The zero-order valence-corrected chi connectivity index (χ0v) is 17.7. The van der Waals surface area contributed by atoms with Gasteiger partial charge in [-0.2, -0.15) is 0 Å². The van der Waals surface area contributed by atoms with E-state index in [1.165, 1.54) is 31.6 Å². The average Bonchev–Trinajstić information content (AvgIpc) is 3.12. The van der Waals surface area contributed by atoms with Crippen molar-refractivity contribution in [1.82, 2.24) is 0 Å². The quantitative estimate of drug-likeness (QED) is 0.427. The molecule has 0 unspecified atom stereocenters. The third-order valence-electron chi connectivity index (χ3n) is 6.27. The number of fused-ring (bicyclic) bond motifs is 6. The highest BCUT2D eigenvalue weighted by atomic mass is 32.3. The fraction of sp³-hybridized carbons (Fsp3) is 0.200. The molecule has 0 aliphatic carbocycles. The SMILES string of the molecule is CCC(C)(C)BN1c2ccccc2S2(C=Cc3ccccc32)c2ccccc21. The topological polar surface area (TPSA) is 3.24 Å². The zero-order valence-electron chi connectivity index (χ0n) is 16.9. The summed E-state index contributed by atoms with van der Waals surface area (Å²) in [6.07, 6.45) is 3.50. The summed E-state index contributed by atoms with van der Waals surface area (Å²) < 4.78 is 0. The van der Waals surface area contributed by atoms with Gasteiger partial charge in [0.15, 0.2) is 0 Å². The molecule has 140 valence electrons. The Hall–Kier alpha value is -2.39. The minimum absolute atomic E-state index is 0.253. The molecule has 0 saturated heterocycles. The van der Waals surface area contributed by atoms with Crippen LogP contribution >= 0.6 is 10.0 Å². The lowest BCUT2D eigenvalue weighted by atomic mass is 9.59. The van der Waals surface area contributed by atoms with Crippen LogP contribution in [-0.2, 0) is 0 Å². The Labute approximate surface area is 170 Å². The molecule has 3 aromatic carbocycles. The molecule has 0 saturated carbocycles. The van der Waals surface area contributed by atoms with Crippen LogP contribution in [0.1, 0.15) is 32.8 Å². The van der Waals surface area contributed by atoms with E-state index in [0.29, 0.717) is 0 Å². The fourth-order valence-electron chi connectivity index (χ4n) is 4.41. The van der Waals surface area contributed by atoms with Crippen molar-refractivity contribution in [3.05, 3.63) is 83.8 Å². The number of para-hydroxylation sites is 2. The van der Waals surface area contributed by atoms with Gasteiger partial charge in [0, 0.05) is 26.1 Å². The van der Waals surface area contributed by atoms with Crippen molar-refractivity contribution in [2.45, 2.75) is 47.2 Å². The van der Waals surface area contributed by atoms with Gasteiger partial charge in [0.05, 0.1) is 0 Å². The molecule has 1 spiro atoms. The fourth-order valence-corrected chi connectivity index (χ4v) is 8.31. The summed E-state index contributed by atoms with van der Waals surface area (Å²) in [4.78, 5) is 6.99. The van der Waals surface area contributed by atoms with Crippen molar-refractivity contribution in [2.24, 2.45) is 0 Å². The van der Waals surface area contributed by atoms with E-state index in [9.17, 15) is 0 Å². The lowest BCUT2D eigenvalue weighted by molar-refractivity contribution is 0.641. The Morgan fingerprint density at radius 1 is 0.786 bits per heavy atom. The third kappa shape index (κ3) is 2.42. The largest absolute Gasteiger partial charge is 0.388 e. The van der Waals surface area contributed by atoms with Crippen LogP contribution in [0.4, 0.5) is 11.4 Å². The molecule has 2 aliphatic heterocycles. The molecule has 2 aliphatic rings. The molecule has 3 aromatic rings. The Morgan fingerprint density at radius 3 is 1.93 bits per heavy atom. The summed E-state index contributed by atoms with van der Waals surface area (Å²) in [6, 6.07) is 27.1. The second-order valence-electron chi connectivity index (χ2n) is 8.54. The van der Waals surface area contributed by atoms with Gasteiger partial charge in [0.2, 0.25) is 7.41 Å². The van der Waals surface area contributed by atoms with Crippen LogP contribution in [0, 0.1) is 0 Å². The van der Waals surface area contributed by atoms with E-state index in [1.54, 1.807) is 0 Å². The second-order valence-corrected chi connectivity index (χ2v) is 11.5. The van der Waals surface area contributed by atoms with Crippen LogP contribution < -0.4 is 4.81 Å². The van der Waals surface area contributed by atoms with Crippen LogP contribution in [0.2, 0.25) is 5.31 Å². The van der Waals surface area contributed by atoms with Crippen LogP contribution in [0.5, 0.6) is 0 Å². The second kappa shape index (κ2) is 6.32. The highest BCUT2D eigenvalue weighted by Gasteiger charge is 2.42. The maximum Gasteiger partial charge on any atom is 0.248 e. The molecule has 0 aromatic heterocycles. The summed E-state index contributed by atoms with van der Waals surface area (Å²) in [6.45, 7) is 7.05. The van der Waals surface area contributed by atoms with E-state index in [4.69, 9.17) is 0 Å². The van der Waals surface area contributed by atoms with E-state index < -0.39 is 10.0 Å². The molecule has 0 atom stereocenters. The van der Waals surface area contributed by atoms with Gasteiger partial charge in [-0.25, -0.2) is 0 Å². The standard InChI is InChI=1S/C25H26BNS/c1-4-25(2,3)26-27-20-12-6-9-15-23(20)28(24-16-10-7-13-21(24)27)18-17-19-11-5-8-14-22(19)28/h5-18,26H,4H2,1-3H3. The van der Waals surface area contributed by atoms with Gasteiger partial charge in [0.1, 0.15) is 0 Å². The van der Waals surface area contributed by atoms with Gasteiger partial charge in [0.25, 0.3) is 0 Å². The Bertz CT molecular complexity index is 1040. The first-order chi connectivity index (χ1) is 13.6. The van der Waals surface area contributed by atoms with Crippen molar-refractivity contribution in [3.63, 3.8) is 0 Å². The van der Waals surface area contributed by atoms with Crippen LogP contribution in [0.25, 0.3) is 6.08 Å². The van der Waals surface area contributed by atoms with Gasteiger partial charge in [-0.15, -0.1) is 10.0 Å². The molecule has 0 fully saturated rings. The molecule has 5 rings (SSSR count). The first-order valence-corrected chi connectivity index (χ1v) is 11.8. The maximum atomic E-state index is 2.57. The minimum Gasteiger partial charge on any atom is -0.388 e. The van der Waals surface area contributed by atoms with Crippen molar-refractivity contribution < 1.29 is 0 Å².